The highest BCUT2D eigenvalue weighted by Crippen LogP contribution is 2.30. The number of nitrogens with one attached hydrogen (secondary N) is 2. The summed E-state index contributed by atoms with van der Waals surface area (Å²) in [6, 6.07) is 18.4. The molecule has 2 atom stereocenters. The Morgan fingerprint density at radius 1 is 0.912 bits per heavy atom. The third kappa shape index (κ3) is 5.92. The molecule has 0 amide bonds. The molecule has 6 heteroatoms. The van der Waals surface area contributed by atoms with Gasteiger partial charge in [0.1, 0.15) is 0 Å². The maximum Gasteiger partial charge on any atom is 0.0418 e. The van der Waals surface area contributed by atoms with E-state index in [0.29, 0.717) is 0 Å². The summed E-state index contributed by atoms with van der Waals surface area (Å²) in [5.74, 6) is 0. The Morgan fingerprint density at radius 2 is 1.62 bits per heavy atom. The van der Waals surface area contributed by atoms with Gasteiger partial charge in [-0.25, -0.2) is 0 Å². The van der Waals surface area contributed by atoms with Crippen molar-refractivity contribution in [2.75, 3.05) is 24.3 Å². The number of rotatable bonds is 12. The standard InChI is InChI=1S/C28H30Br2N2S2/c1-18(25(31-3)8-11-29)21-5-7-28-23(15-21)16-24(34-28)9-12-32-26(17-30)19(2)20-4-6-27-22(14-20)10-13-33-27/h4-7,10,13-16,25-26,31-32H,1-2,8-9,11-12,17H2,3H3. The van der Waals surface area contributed by atoms with Crippen LogP contribution in [0.2, 0.25) is 0 Å². The van der Waals surface area contributed by atoms with E-state index in [1.165, 1.54) is 36.2 Å². The van der Waals surface area contributed by atoms with Gasteiger partial charge in [-0.05, 0) is 94.7 Å². The average Bonchev–Trinajstić information content (AvgIpc) is 3.49. The summed E-state index contributed by atoms with van der Waals surface area (Å²) in [4.78, 5) is 1.40. The second kappa shape index (κ2) is 12.1. The third-order valence-electron chi connectivity index (χ3n) is 6.27. The Balaban J connectivity index is 1.39. The number of hydrogen-bond donors (Lipinski definition) is 2. The lowest BCUT2D eigenvalue weighted by atomic mass is 9.97. The zero-order chi connectivity index (χ0) is 24.1. The minimum Gasteiger partial charge on any atom is -0.313 e. The molecular weight excluding hydrogens is 588 g/mol. The highest BCUT2D eigenvalue weighted by atomic mass is 79.9. The van der Waals surface area contributed by atoms with Gasteiger partial charge in [-0.15, -0.1) is 22.7 Å². The largest absolute Gasteiger partial charge is 0.313 e. The van der Waals surface area contributed by atoms with Gasteiger partial charge in [-0.1, -0.05) is 57.2 Å². The highest BCUT2D eigenvalue weighted by molar-refractivity contribution is 9.09. The van der Waals surface area contributed by atoms with Gasteiger partial charge >= 0.3 is 0 Å². The molecule has 2 heterocycles. The molecule has 0 aliphatic rings. The van der Waals surface area contributed by atoms with Crippen molar-refractivity contribution in [3.05, 3.63) is 83.1 Å². The minimum absolute atomic E-state index is 0.202. The molecule has 0 aliphatic heterocycles. The van der Waals surface area contributed by atoms with Crippen molar-refractivity contribution in [3.63, 3.8) is 0 Å². The van der Waals surface area contributed by atoms with Gasteiger partial charge in [0, 0.05) is 43.6 Å². The topological polar surface area (TPSA) is 24.1 Å². The van der Waals surface area contributed by atoms with Gasteiger partial charge < -0.3 is 10.6 Å². The van der Waals surface area contributed by atoms with Crippen LogP contribution in [0.5, 0.6) is 0 Å². The molecule has 2 nitrogen and oxygen atoms in total. The van der Waals surface area contributed by atoms with E-state index in [9.17, 15) is 0 Å². The van der Waals surface area contributed by atoms with Crippen molar-refractivity contribution in [2.24, 2.45) is 0 Å². The number of benzene rings is 2. The second-order valence-electron chi connectivity index (χ2n) is 8.42. The summed E-state index contributed by atoms with van der Waals surface area (Å²) in [7, 11) is 2.00. The van der Waals surface area contributed by atoms with Crippen LogP contribution in [-0.2, 0) is 6.42 Å². The minimum atomic E-state index is 0.202. The maximum absolute atomic E-state index is 4.41. The van der Waals surface area contributed by atoms with Gasteiger partial charge in [-0.2, -0.15) is 0 Å². The fourth-order valence-electron chi connectivity index (χ4n) is 4.23. The van der Waals surface area contributed by atoms with Crippen LogP contribution in [0.15, 0.2) is 67.1 Å². The van der Waals surface area contributed by atoms with Crippen LogP contribution in [-0.4, -0.2) is 36.3 Å². The number of halogens is 2. The molecule has 0 saturated heterocycles. The van der Waals surface area contributed by atoms with Crippen molar-refractivity contribution >= 4 is 85.9 Å². The highest BCUT2D eigenvalue weighted by Gasteiger charge is 2.15. The Labute approximate surface area is 227 Å². The molecule has 2 N–H and O–H groups in total. The molecule has 0 saturated carbocycles. The summed E-state index contributed by atoms with van der Waals surface area (Å²) >= 11 is 10.9. The molecule has 2 aromatic heterocycles. The van der Waals surface area contributed by atoms with Gasteiger partial charge in [-0.3, -0.25) is 0 Å². The first kappa shape index (κ1) is 25.8. The molecule has 0 spiro atoms. The van der Waals surface area contributed by atoms with Gasteiger partial charge in [0.15, 0.2) is 0 Å². The predicted octanol–water partition coefficient (Wildman–Crippen LogP) is 8.11. The van der Waals surface area contributed by atoms with E-state index in [2.05, 4.69) is 110 Å². The fourth-order valence-corrected chi connectivity index (χ4v) is 7.13. The zero-order valence-electron chi connectivity index (χ0n) is 19.4. The van der Waals surface area contributed by atoms with Crippen LogP contribution in [0.3, 0.4) is 0 Å². The zero-order valence-corrected chi connectivity index (χ0v) is 24.2. The van der Waals surface area contributed by atoms with E-state index in [1.54, 1.807) is 11.3 Å². The Kier molecular flexibility index (Phi) is 9.19. The number of hydrogen-bond acceptors (Lipinski definition) is 4. The smallest absolute Gasteiger partial charge is 0.0418 e. The van der Waals surface area contributed by atoms with Crippen LogP contribution < -0.4 is 10.6 Å². The molecule has 4 aromatic rings. The first-order chi connectivity index (χ1) is 16.5. The molecule has 4 rings (SSSR count). The molecule has 2 aromatic carbocycles. The van der Waals surface area contributed by atoms with E-state index in [0.717, 1.165) is 41.2 Å². The van der Waals surface area contributed by atoms with Crippen LogP contribution in [0.1, 0.15) is 22.4 Å². The number of likely N-dealkylation sites (N-methyl/N-ethyl adjacent to an activating group) is 1. The van der Waals surface area contributed by atoms with Crippen molar-refractivity contribution < 1.29 is 0 Å². The summed E-state index contributed by atoms with van der Waals surface area (Å²) in [5, 5.41) is 13.6. The lowest BCUT2D eigenvalue weighted by Crippen LogP contribution is -2.33. The Bertz CT molecular complexity index is 1290. The van der Waals surface area contributed by atoms with E-state index < -0.39 is 0 Å². The van der Waals surface area contributed by atoms with Crippen molar-refractivity contribution in [1.82, 2.24) is 10.6 Å². The van der Waals surface area contributed by atoms with Gasteiger partial charge in [0.25, 0.3) is 0 Å². The second-order valence-corrected chi connectivity index (χ2v) is 12.0. The summed E-state index contributed by atoms with van der Waals surface area (Å²) in [6.07, 6.45) is 2.02. The predicted molar refractivity (Wildman–Crippen MR) is 162 cm³/mol. The number of alkyl halides is 2. The molecular formula is C28H30Br2N2S2. The van der Waals surface area contributed by atoms with E-state index in [4.69, 9.17) is 0 Å². The lowest BCUT2D eigenvalue weighted by molar-refractivity contribution is 0.655. The number of thiophene rings is 2. The molecule has 0 fully saturated rings. The van der Waals surface area contributed by atoms with Crippen LogP contribution in [0.4, 0.5) is 0 Å². The average molecular weight is 619 g/mol. The summed E-state index contributed by atoms with van der Waals surface area (Å²) in [5.41, 5.74) is 4.70. The van der Waals surface area contributed by atoms with E-state index in [1.807, 2.05) is 18.4 Å². The van der Waals surface area contributed by atoms with E-state index >= 15 is 0 Å². The van der Waals surface area contributed by atoms with Crippen LogP contribution >= 0.6 is 54.5 Å². The fraction of sp³-hybridized carbons (Fsp3) is 0.286. The normalized spacial score (nSPS) is 13.4. The molecule has 0 bridgehead atoms. The van der Waals surface area contributed by atoms with Crippen molar-refractivity contribution in [2.45, 2.75) is 24.9 Å². The van der Waals surface area contributed by atoms with Crippen LogP contribution in [0, 0.1) is 0 Å². The molecule has 34 heavy (non-hydrogen) atoms. The lowest BCUT2D eigenvalue weighted by Gasteiger charge is -2.19. The monoisotopic (exact) mass is 616 g/mol. The summed E-state index contributed by atoms with van der Waals surface area (Å²) in [6.45, 7) is 9.68. The van der Waals surface area contributed by atoms with E-state index in [-0.39, 0.29) is 12.1 Å². The summed E-state index contributed by atoms with van der Waals surface area (Å²) < 4.78 is 2.65. The Hall–Kier alpha value is -1.28. The quantitative estimate of drug-likeness (QED) is 0.157. The third-order valence-corrected chi connectivity index (χ3v) is 9.44. The molecule has 178 valence electrons. The van der Waals surface area contributed by atoms with Gasteiger partial charge in [0.2, 0.25) is 0 Å². The first-order valence-corrected chi connectivity index (χ1v) is 15.4. The molecule has 0 aliphatic carbocycles. The van der Waals surface area contributed by atoms with Crippen molar-refractivity contribution in [3.8, 4) is 0 Å². The SMILES string of the molecule is C=C(c1ccc2sc(CCNC(CBr)C(=C)c3ccc4sccc4c3)cc2c1)C(CCBr)NC. The number of fused-ring (bicyclic) bond motifs is 2. The molecule has 2 unspecified atom stereocenters. The maximum atomic E-state index is 4.41. The van der Waals surface area contributed by atoms with Gasteiger partial charge in [0.05, 0.1) is 0 Å². The first-order valence-electron chi connectivity index (χ1n) is 11.4. The van der Waals surface area contributed by atoms with Crippen LogP contribution in [0.25, 0.3) is 31.3 Å². The Morgan fingerprint density at radius 3 is 2.32 bits per heavy atom. The van der Waals surface area contributed by atoms with Crippen molar-refractivity contribution in [1.29, 1.82) is 0 Å². The molecule has 0 radical (unpaired) electrons.